The Morgan fingerprint density at radius 1 is 1.17 bits per heavy atom. The number of benzene rings is 1. The second kappa shape index (κ2) is 17.3. The van der Waals surface area contributed by atoms with Gasteiger partial charge in [-0.25, -0.2) is 4.98 Å². The predicted molar refractivity (Wildman–Crippen MR) is 128 cm³/mol. The van der Waals surface area contributed by atoms with Crippen LogP contribution in [0.15, 0.2) is 73.9 Å². The largest absolute Gasteiger partial charge is 0.493 e. The lowest BCUT2D eigenvalue weighted by molar-refractivity contribution is 0.355. The zero-order chi connectivity index (χ0) is 21.9. The molecule has 2 rings (SSSR count). The predicted octanol–water partition coefficient (Wildman–Crippen LogP) is 6.06. The Kier molecular flexibility index (Phi) is 15.6. The number of anilines is 1. The highest BCUT2D eigenvalue weighted by molar-refractivity contribution is 7.80. The van der Waals surface area contributed by atoms with Crippen LogP contribution in [0.25, 0.3) is 0 Å². The minimum Gasteiger partial charge on any atom is -0.493 e. The van der Waals surface area contributed by atoms with Crippen LogP contribution in [0.3, 0.4) is 0 Å². The molecular formula is C23H33N3O2S. The molecule has 0 saturated carbocycles. The van der Waals surface area contributed by atoms with Crippen LogP contribution >= 0.6 is 12.2 Å². The molecule has 5 nitrogen and oxygen atoms in total. The van der Waals surface area contributed by atoms with Gasteiger partial charge < -0.3 is 19.4 Å². The molecule has 0 fully saturated rings. The summed E-state index contributed by atoms with van der Waals surface area (Å²) in [6, 6.07) is 5.61. The van der Waals surface area contributed by atoms with E-state index in [9.17, 15) is 0 Å². The number of rotatable bonds is 7. The highest BCUT2D eigenvalue weighted by Gasteiger charge is 2.04. The number of imidazole rings is 1. The number of nitrogens with zero attached hydrogens (tertiary/aromatic N) is 2. The lowest BCUT2D eigenvalue weighted by Gasteiger charge is -2.10. The Labute approximate surface area is 180 Å². The molecule has 0 amide bonds. The summed E-state index contributed by atoms with van der Waals surface area (Å²) < 4.78 is 12.3. The molecule has 2 aromatic rings. The topological polar surface area (TPSA) is 48.3 Å². The first kappa shape index (κ1) is 26.1. The molecule has 29 heavy (non-hydrogen) atoms. The van der Waals surface area contributed by atoms with Crippen LogP contribution in [-0.4, -0.2) is 28.8 Å². The van der Waals surface area contributed by atoms with E-state index in [4.69, 9.17) is 21.7 Å². The Bertz CT molecular complexity index is 753. The van der Waals surface area contributed by atoms with E-state index in [1.807, 2.05) is 67.1 Å². The summed E-state index contributed by atoms with van der Waals surface area (Å²) >= 11 is 5.09. The molecule has 1 aromatic carbocycles. The Morgan fingerprint density at radius 3 is 2.34 bits per heavy atom. The minimum atomic E-state index is 0.696. The number of nitrogens with one attached hydrogen (secondary N) is 1. The van der Waals surface area contributed by atoms with Crippen LogP contribution in [0.2, 0.25) is 0 Å². The molecule has 0 unspecified atom stereocenters. The van der Waals surface area contributed by atoms with Crippen molar-refractivity contribution in [2.45, 2.75) is 33.7 Å². The molecule has 0 aliphatic carbocycles. The van der Waals surface area contributed by atoms with E-state index >= 15 is 0 Å². The van der Waals surface area contributed by atoms with E-state index in [0.717, 1.165) is 23.6 Å². The first-order valence-electron chi connectivity index (χ1n) is 9.44. The standard InChI is InChI=1S/C11H15NO2S.C7H10.C5H8N2/c1-4-11(15)12-8-5-6-9(13-2)10(7-8)14-3;1-3-5-7-6-4-2;1-2-7-4-3-6-5-7/h5-7H,4H2,1-3H3,(H,12,15);3-7H,1H2,2H3;3-5H,2H2,1H3/b;6-4-,7-5-;. The Morgan fingerprint density at radius 2 is 1.90 bits per heavy atom. The molecule has 0 radical (unpaired) electrons. The van der Waals surface area contributed by atoms with Gasteiger partial charge in [0.05, 0.1) is 25.5 Å². The Hall–Kier alpha value is -2.86. The molecule has 0 spiro atoms. The average Bonchev–Trinajstić information content (AvgIpc) is 3.29. The zero-order valence-electron chi connectivity index (χ0n) is 18.1. The van der Waals surface area contributed by atoms with Gasteiger partial charge in [0.2, 0.25) is 0 Å². The summed E-state index contributed by atoms with van der Waals surface area (Å²) in [5.74, 6) is 1.41. The maximum absolute atomic E-state index is 5.18. The van der Waals surface area contributed by atoms with Crippen LogP contribution in [0, 0.1) is 0 Å². The molecule has 0 saturated heterocycles. The second-order valence-corrected chi connectivity index (χ2v) is 6.00. The number of methoxy groups -OCH3 is 2. The number of ether oxygens (including phenoxy) is 2. The van der Waals surface area contributed by atoms with Gasteiger partial charge in [0, 0.05) is 30.7 Å². The van der Waals surface area contributed by atoms with E-state index in [1.54, 1.807) is 32.8 Å². The van der Waals surface area contributed by atoms with Gasteiger partial charge in [0.1, 0.15) is 0 Å². The first-order chi connectivity index (χ1) is 14.1. The SMILES string of the molecule is C=C/C=C\C=C/C.CCC(=S)Nc1ccc(OC)c(OC)c1.CCn1ccnc1. The van der Waals surface area contributed by atoms with Crippen molar-refractivity contribution in [2.24, 2.45) is 0 Å². The monoisotopic (exact) mass is 415 g/mol. The average molecular weight is 416 g/mol. The molecule has 1 heterocycles. The number of hydrogen-bond donors (Lipinski definition) is 1. The molecular weight excluding hydrogens is 382 g/mol. The van der Waals surface area contributed by atoms with Gasteiger partial charge in [0.15, 0.2) is 11.5 Å². The van der Waals surface area contributed by atoms with Crippen LogP contribution in [-0.2, 0) is 6.54 Å². The van der Waals surface area contributed by atoms with Crippen molar-refractivity contribution in [3.63, 3.8) is 0 Å². The summed E-state index contributed by atoms with van der Waals surface area (Å²) in [4.78, 5) is 4.66. The normalized spacial score (nSPS) is 9.83. The maximum Gasteiger partial charge on any atom is 0.162 e. The number of allylic oxidation sites excluding steroid dienone is 5. The summed E-state index contributed by atoms with van der Waals surface area (Å²) in [7, 11) is 3.22. The van der Waals surface area contributed by atoms with Gasteiger partial charge in [-0.05, 0) is 32.4 Å². The van der Waals surface area contributed by atoms with Crippen LogP contribution in [0.5, 0.6) is 11.5 Å². The fraction of sp³-hybridized carbons (Fsp3) is 0.304. The van der Waals surface area contributed by atoms with Crippen molar-refractivity contribution < 1.29 is 9.47 Å². The fourth-order valence-corrected chi connectivity index (χ4v) is 2.01. The van der Waals surface area contributed by atoms with Gasteiger partial charge in [-0.15, -0.1) is 0 Å². The quantitative estimate of drug-likeness (QED) is 0.440. The smallest absolute Gasteiger partial charge is 0.162 e. The lowest BCUT2D eigenvalue weighted by Crippen LogP contribution is -2.07. The molecule has 6 heteroatoms. The molecule has 0 aliphatic rings. The van der Waals surface area contributed by atoms with Crippen molar-refractivity contribution in [1.29, 1.82) is 0 Å². The van der Waals surface area contributed by atoms with Crippen LogP contribution in [0.1, 0.15) is 27.2 Å². The van der Waals surface area contributed by atoms with Gasteiger partial charge in [-0.2, -0.15) is 0 Å². The van der Waals surface area contributed by atoms with Gasteiger partial charge in [-0.3, -0.25) is 0 Å². The summed E-state index contributed by atoms with van der Waals surface area (Å²) in [6.07, 6.45) is 15.9. The first-order valence-corrected chi connectivity index (χ1v) is 9.84. The summed E-state index contributed by atoms with van der Waals surface area (Å²) in [5.41, 5.74) is 0.916. The lowest BCUT2D eigenvalue weighted by atomic mass is 10.2. The molecule has 0 atom stereocenters. The van der Waals surface area contributed by atoms with E-state index in [2.05, 4.69) is 23.8 Å². The van der Waals surface area contributed by atoms with Crippen molar-refractivity contribution >= 4 is 22.9 Å². The van der Waals surface area contributed by atoms with Crippen LogP contribution < -0.4 is 14.8 Å². The third-order valence-electron chi connectivity index (χ3n) is 3.46. The third-order valence-corrected chi connectivity index (χ3v) is 3.85. The third kappa shape index (κ3) is 12.3. The van der Waals surface area contributed by atoms with Crippen molar-refractivity contribution in [1.82, 2.24) is 9.55 Å². The van der Waals surface area contributed by atoms with Gasteiger partial charge in [0.25, 0.3) is 0 Å². The Balaban J connectivity index is 0.000000465. The molecule has 158 valence electrons. The number of hydrogen-bond acceptors (Lipinski definition) is 4. The molecule has 1 N–H and O–H groups in total. The highest BCUT2D eigenvalue weighted by Crippen LogP contribution is 2.29. The number of aromatic nitrogens is 2. The van der Waals surface area contributed by atoms with Gasteiger partial charge >= 0.3 is 0 Å². The summed E-state index contributed by atoms with van der Waals surface area (Å²) in [5, 5.41) is 3.11. The minimum absolute atomic E-state index is 0.696. The zero-order valence-corrected chi connectivity index (χ0v) is 18.9. The molecule has 0 bridgehead atoms. The van der Waals surface area contributed by atoms with E-state index in [1.165, 1.54) is 0 Å². The van der Waals surface area contributed by atoms with Crippen molar-refractivity contribution in [2.75, 3.05) is 19.5 Å². The van der Waals surface area contributed by atoms with Crippen molar-refractivity contribution in [3.8, 4) is 11.5 Å². The van der Waals surface area contributed by atoms with E-state index in [-0.39, 0.29) is 0 Å². The van der Waals surface area contributed by atoms with Crippen LogP contribution in [0.4, 0.5) is 5.69 Å². The number of thiocarbonyl (C=S) groups is 1. The number of aryl methyl sites for hydroxylation is 1. The van der Waals surface area contributed by atoms with E-state index in [0.29, 0.717) is 11.5 Å². The summed E-state index contributed by atoms with van der Waals surface area (Å²) in [6.45, 7) is 10.6. The highest BCUT2D eigenvalue weighted by atomic mass is 32.1. The second-order valence-electron chi connectivity index (χ2n) is 5.51. The fourth-order valence-electron chi connectivity index (χ4n) is 1.89. The van der Waals surface area contributed by atoms with E-state index < -0.39 is 0 Å². The molecule has 1 aromatic heterocycles. The van der Waals surface area contributed by atoms with Crippen molar-refractivity contribution in [3.05, 3.63) is 73.9 Å². The maximum atomic E-state index is 5.18. The molecule has 0 aliphatic heterocycles. The van der Waals surface area contributed by atoms with Gasteiger partial charge in [-0.1, -0.05) is 56.1 Å².